The van der Waals surface area contributed by atoms with E-state index < -0.39 is 5.97 Å². The van der Waals surface area contributed by atoms with Crippen LogP contribution in [0.15, 0.2) is 30.3 Å². The predicted molar refractivity (Wildman–Crippen MR) is 85.7 cm³/mol. The minimum absolute atomic E-state index is 0.0769. The molecule has 1 N–H and O–H groups in total. The van der Waals surface area contributed by atoms with E-state index >= 15 is 0 Å². The van der Waals surface area contributed by atoms with Crippen molar-refractivity contribution in [1.82, 2.24) is 9.97 Å². The van der Waals surface area contributed by atoms with Crippen molar-refractivity contribution in [2.45, 2.75) is 26.9 Å². The van der Waals surface area contributed by atoms with E-state index in [0.29, 0.717) is 19.0 Å². The fourth-order valence-corrected chi connectivity index (χ4v) is 1.96. The number of rotatable bonds is 4. The van der Waals surface area contributed by atoms with Crippen LogP contribution in [0.3, 0.4) is 0 Å². The Balaban J connectivity index is 0.000000924. The standard InChI is InChI=1S/C15H14N2O4.C2H6/c1-9-3-2-4-10(5-9)14-16-12(15(18)19)6-13(17-14)21-11-7-20-8-11;1-2/h2-6,11H,7-8H2,1H3,(H,18,19);1-2H3. The number of aryl methyl sites for hydroxylation is 1. The molecule has 23 heavy (non-hydrogen) atoms. The Bertz CT molecular complexity index is 684. The van der Waals surface area contributed by atoms with Gasteiger partial charge in [0.15, 0.2) is 11.5 Å². The van der Waals surface area contributed by atoms with Crippen LogP contribution in [0, 0.1) is 6.92 Å². The van der Waals surface area contributed by atoms with Gasteiger partial charge in [0.25, 0.3) is 0 Å². The zero-order valence-electron chi connectivity index (χ0n) is 13.4. The van der Waals surface area contributed by atoms with Gasteiger partial charge >= 0.3 is 5.97 Å². The fraction of sp³-hybridized carbons (Fsp3) is 0.353. The van der Waals surface area contributed by atoms with Gasteiger partial charge in [-0.25, -0.2) is 9.78 Å². The molecule has 1 saturated heterocycles. The second kappa shape index (κ2) is 7.69. The first-order valence-corrected chi connectivity index (χ1v) is 7.55. The van der Waals surface area contributed by atoms with Crippen molar-refractivity contribution >= 4 is 5.97 Å². The van der Waals surface area contributed by atoms with Gasteiger partial charge in [-0.3, -0.25) is 0 Å². The number of aromatic carboxylic acids is 1. The molecule has 122 valence electrons. The Morgan fingerprint density at radius 2 is 2.00 bits per heavy atom. The van der Waals surface area contributed by atoms with E-state index in [9.17, 15) is 4.79 Å². The Kier molecular flexibility index (Phi) is 5.65. The van der Waals surface area contributed by atoms with Crippen molar-refractivity contribution in [3.05, 3.63) is 41.6 Å². The van der Waals surface area contributed by atoms with Crippen LogP contribution in [0.4, 0.5) is 0 Å². The van der Waals surface area contributed by atoms with Crippen molar-refractivity contribution in [3.8, 4) is 17.3 Å². The normalized spacial score (nSPS) is 13.5. The Hall–Kier alpha value is -2.47. The van der Waals surface area contributed by atoms with Crippen LogP contribution in [0.5, 0.6) is 5.88 Å². The molecule has 0 spiro atoms. The molecule has 0 unspecified atom stereocenters. The number of aromatic nitrogens is 2. The van der Waals surface area contributed by atoms with Crippen LogP contribution in [-0.4, -0.2) is 40.4 Å². The summed E-state index contributed by atoms with van der Waals surface area (Å²) in [5.74, 6) is -0.512. The molecule has 1 fully saturated rings. The van der Waals surface area contributed by atoms with Gasteiger partial charge in [0.2, 0.25) is 5.88 Å². The van der Waals surface area contributed by atoms with Gasteiger partial charge in [-0.2, -0.15) is 4.98 Å². The number of carbonyl (C=O) groups is 1. The van der Waals surface area contributed by atoms with Crippen molar-refractivity contribution in [3.63, 3.8) is 0 Å². The molecule has 1 aliphatic heterocycles. The van der Waals surface area contributed by atoms with Gasteiger partial charge in [0.05, 0.1) is 13.2 Å². The quantitative estimate of drug-likeness (QED) is 0.934. The van der Waals surface area contributed by atoms with Gasteiger partial charge in [0, 0.05) is 11.6 Å². The van der Waals surface area contributed by atoms with Gasteiger partial charge in [0.1, 0.15) is 6.10 Å². The number of nitrogens with zero attached hydrogens (tertiary/aromatic N) is 2. The van der Waals surface area contributed by atoms with E-state index in [1.807, 2.05) is 45.0 Å². The second-order valence-electron chi connectivity index (χ2n) is 4.87. The summed E-state index contributed by atoms with van der Waals surface area (Å²) in [7, 11) is 0. The SMILES string of the molecule is CC.Cc1cccc(-c2nc(OC3COC3)cc(C(=O)O)n2)c1. The fourth-order valence-electron chi connectivity index (χ4n) is 1.96. The third-order valence-electron chi connectivity index (χ3n) is 3.09. The molecule has 1 aromatic heterocycles. The largest absolute Gasteiger partial charge is 0.477 e. The first-order chi connectivity index (χ1) is 11.1. The maximum absolute atomic E-state index is 11.2. The lowest BCUT2D eigenvalue weighted by Gasteiger charge is -2.26. The number of carboxylic acid groups (broad SMARTS) is 1. The summed E-state index contributed by atoms with van der Waals surface area (Å²) in [5.41, 5.74) is 1.72. The Morgan fingerprint density at radius 1 is 1.26 bits per heavy atom. The van der Waals surface area contributed by atoms with E-state index in [1.165, 1.54) is 6.07 Å². The Morgan fingerprint density at radius 3 is 2.57 bits per heavy atom. The smallest absolute Gasteiger partial charge is 0.354 e. The molecule has 0 saturated carbocycles. The molecular weight excluding hydrogens is 296 g/mol. The zero-order chi connectivity index (χ0) is 16.8. The number of benzene rings is 1. The van der Waals surface area contributed by atoms with Crippen molar-refractivity contribution in [2.75, 3.05) is 13.2 Å². The molecule has 0 atom stereocenters. The molecule has 1 aliphatic rings. The third-order valence-corrected chi connectivity index (χ3v) is 3.09. The summed E-state index contributed by atoms with van der Waals surface area (Å²) >= 11 is 0. The van der Waals surface area contributed by atoms with Crippen LogP contribution in [0.25, 0.3) is 11.4 Å². The maximum atomic E-state index is 11.2. The third kappa shape index (κ3) is 4.26. The molecule has 6 nitrogen and oxygen atoms in total. The summed E-state index contributed by atoms with van der Waals surface area (Å²) in [5, 5.41) is 9.17. The summed E-state index contributed by atoms with van der Waals surface area (Å²) < 4.78 is 10.6. The van der Waals surface area contributed by atoms with Gasteiger partial charge < -0.3 is 14.6 Å². The monoisotopic (exact) mass is 316 g/mol. The number of hydrogen-bond donors (Lipinski definition) is 1. The first-order valence-electron chi connectivity index (χ1n) is 7.55. The molecule has 6 heteroatoms. The molecule has 0 aliphatic carbocycles. The van der Waals surface area contributed by atoms with Gasteiger partial charge in [-0.1, -0.05) is 37.6 Å². The molecular formula is C17H20N2O4. The van der Waals surface area contributed by atoms with Crippen LogP contribution in [-0.2, 0) is 4.74 Å². The maximum Gasteiger partial charge on any atom is 0.354 e. The summed E-state index contributed by atoms with van der Waals surface area (Å²) in [6.07, 6.45) is -0.0769. The van der Waals surface area contributed by atoms with E-state index in [0.717, 1.165) is 11.1 Å². The zero-order valence-corrected chi connectivity index (χ0v) is 13.4. The lowest BCUT2D eigenvalue weighted by molar-refractivity contribution is -0.0813. The highest BCUT2D eigenvalue weighted by molar-refractivity contribution is 5.86. The van der Waals surface area contributed by atoms with Crippen LogP contribution < -0.4 is 4.74 Å². The topological polar surface area (TPSA) is 81.5 Å². The molecule has 1 aromatic carbocycles. The van der Waals surface area contributed by atoms with Crippen LogP contribution >= 0.6 is 0 Å². The highest BCUT2D eigenvalue weighted by atomic mass is 16.6. The Labute approximate surface area is 135 Å². The molecule has 2 heterocycles. The van der Waals surface area contributed by atoms with E-state index in [-0.39, 0.29) is 17.7 Å². The summed E-state index contributed by atoms with van der Waals surface area (Å²) in [4.78, 5) is 19.6. The predicted octanol–water partition coefficient (Wildman–Crippen LogP) is 2.95. The van der Waals surface area contributed by atoms with E-state index in [2.05, 4.69) is 9.97 Å². The molecule has 0 bridgehead atoms. The second-order valence-corrected chi connectivity index (χ2v) is 4.87. The van der Waals surface area contributed by atoms with E-state index in [4.69, 9.17) is 14.6 Å². The first kappa shape index (κ1) is 16.9. The van der Waals surface area contributed by atoms with Crippen molar-refractivity contribution in [1.29, 1.82) is 0 Å². The minimum Gasteiger partial charge on any atom is -0.477 e. The van der Waals surface area contributed by atoms with Crippen LogP contribution in [0.1, 0.15) is 29.9 Å². The highest BCUT2D eigenvalue weighted by Gasteiger charge is 2.22. The summed E-state index contributed by atoms with van der Waals surface area (Å²) in [6.45, 7) is 6.94. The number of carboxylic acids is 1. The van der Waals surface area contributed by atoms with Crippen molar-refractivity contribution < 1.29 is 19.4 Å². The molecule has 3 rings (SSSR count). The van der Waals surface area contributed by atoms with Crippen molar-refractivity contribution in [2.24, 2.45) is 0 Å². The average Bonchev–Trinajstić information content (AvgIpc) is 2.52. The molecule has 0 amide bonds. The molecule has 2 aromatic rings. The summed E-state index contributed by atoms with van der Waals surface area (Å²) in [6, 6.07) is 8.90. The molecule has 0 radical (unpaired) electrons. The minimum atomic E-state index is -1.11. The average molecular weight is 316 g/mol. The lowest BCUT2D eigenvalue weighted by atomic mass is 10.1. The number of hydrogen-bond acceptors (Lipinski definition) is 5. The van der Waals surface area contributed by atoms with Gasteiger partial charge in [-0.05, 0) is 13.0 Å². The highest BCUT2D eigenvalue weighted by Crippen LogP contribution is 2.22. The van der Waals surface area contributed by atoms with Crippen LogP contribution in [0.2, 0.25) is 0 Å². The lowest BCUT2D eigenvalue weighted by Crippen LogP contribution is -2.38. The van der Waals surface area contributed by atoms with Gasteiger partial charge in [-0.15, -0.1) is 0 Å². The van der Waals surface area contributed by atoms with E-state index in [1.54, 1.807) is 0 Å². The number of ether oxygens (including phenoxy) is 2.